The topological polar surface area (TPSA) is 49.4 Å². The van der Waals surface area contributed by atoms with Crippen LogP contribution >= 0.6 is 11.6 Å². The van der Waals surface area contributed by atoms with Crippen LogP contribution in [0.4, 0.5) is 11.4 Å². The Labute approximate surface area is 146 Å². The van der Waals surface area contributed by atoms with Crippen LogP contribution in [0.1, 0.15) is 0 Å². The van der Waals surface area contributed by atoms with Gasteiger partial charge in [-0.05, 0) is 24.3 Å². The van der Waals surface area contributed by atoms with Crippen LogP contribution in [0.3, 0.4) is 0 Å². The van der Waals surface area contributed by atoms with Crippen LogP contribution in [-0.4, -0.2) is 22.5 Å². The summed E-state index contributed by atoms with van der Waals surface area (Å²) in [4.78, 5) is 2.18. The molecule has 1 N–H and O–H groups in total. The number of sulfonamides is 1. The van der Waals surface area contributed by atoms with Gasteiger partial charge in [0.15, 0.2) is 0 Å². The first kappa shape index (κ1) is 16.6. The van der Waals surface area contributed by atoms with Crippen molar-refractivity contribution in [3.05, 3.63) is 65.7 Å². The van der Waals surface area contributed by atoms with Crippen molar-refractivity contribution in [2.45, 2.75) is 4.90 Å². The second-order valence-electron chi connectivity index (χ2n) is 5.61. The van der Waals surface area contributed by atoms with Crippen LogP contribution in [-0.2, 0) is 10.0 Å². The van der Waals surface area contributed by atoms with Crippen molar-refractivity contribution >= 4 is 43.8 Å². The average Bonchev–Trinajstić information content (AvgIpc) is 2.55. The first-order valence-electron chi connectivity index (χ1n) is 7.36. The van der Waals surface area contributed by atoms with Crippen LogP contribution in [0.25, 0.3) is 10.8 Å². The van der Waals surface area contributed by atoms with E-state index in [2.05, 4.69) is 4.72 Å². The molecule has 0 aliphatic carbocycles. The lowest BCUT2D eigenvalue weighted by molar-refractivity contribution is 0.602. The SMILES string of the molecule is CN(C)c1cccc2c(S(=O)(=O)Nc3ccccc3Cl)cccc12. The molecule has 0 unspecified atom stereocenters. The van der Waals surface area contributed by atoms with E-state index in [9.17, 15) is 8.42 Å². The van der Waals surface area contributed by atoms with Crippen LogP contribution in [0.15, 0.2) is 65.6 Å². The van der Waals surface area contributed by atoms with Crippen LogP contribution in [0.5, 0.6) is 0 Å². The van der Waals surface area contributed by atoms with Gasteiger partial charge >= 0.3 is 0 Å². The number of hydrogen-bond acceptors (Lipinski definition) is 3. The quantitative estimate of drug-likeness (QED) is 0.752. The lowest BCUT2D eigenvalue weighted by atomic mass is 10.1. The van der Waals surface area contributed by atoms with Crippen molar-refractivity contribution in [1.29, 1.82) is 0 Å². The Balaban J connectivity index is 2.15. The normalized spacial score (nSPS) is 11.5. The predicted molar refractivity (Wildman–Crippen MR) is 101 cm³/mol. The summed E-state index contributed by atoms with van der Waals surface area (Å²) in [5, 5.41) is 1.91. The van der Waals surface area contributed by atoms with Gasteiger partial charge in [0.25, 0.3) is 10.0 Å². The highest BCUT2D eigenvalue weighted by molar-refractivity contribution is 7.93. The number of anilines is 2. The largest absolute Gasteiger partial charge is 0.377 e. The highest BCUT2D eigenvalue weighted by atomic mass is 35.5. The minimum atomic E-state index is -3.76. The Morgan fingerprint density at radius 1 is 0.875 bits per heavy atom. The molecular weight excluding hydrogens is 344 g/mol. The number of halogens is 1. The zero-order valence-corrected chi connectivity index (χ0v) is 14.9. The molecule has 3 rings (SSSR count). The molecule has 24 heavy (non-hydrogen) atoms. The van der Waals surface area contributed by atoms with Gasteiger partial charge < -0.3 is 4.90 Å². The van der Waals surface area contributed by atoms with Gasteiger partial charge in [-0.15, -0.1) is 0 Å². The van der Waals surface area contributed by atoms with E-state index in [1.54, 1.807) is 36.4 Å². The molecule has 0 aliphatic rings. The fourth-order valence-corrected chi connectivity index (χ4v) is 4.17. The summed E-state index contributed by atoms with van der Waals surface area (Å²) in [7, 11) is 0.0992. The summed E-state index contributed by atoms with van der Waals surface area (Å²) in [6.07, 6.45) is 0. The average molecular weight is 361 g/mol. The highest BCUT2D eigenvalue weighted by Gasteiger charge is 2.19. The molecule has 4 nitrogen and oxygen atoms in total. The van der Waals surface area contributed by atoms with Gasteiger partial charge in [0.2, 0.25) is 0 Å². The van der Waals surface area contributed by atoms with E-state index >= 15 is 0 Å². The molecule has 0 aromatic heterocycles. The van der Waals surface area contributed by atoms with Crippen molar-refractivity contribution in [3.63, 3.8) is 0 Å². The van der Waals surface area contributed by atoms with Crippen molar-refractivity contribution < 1.29 is 8.42 Å². The van der Waals surface area contributed by atoms with E-state index in [0.717, 1.165) is 11.1 Å². The predicted octanol–water partition coefficient (Wildman–Crippen LogP) is 4.36. The van der Waals surface area contributed by atoms with E-state index in [4.69, 9.17) is 11.6 Å². The van der Waals surface area contributed by atoms with E-state index < -0.39 is 10.0 Å². The first-order valence-corrected chi connectivity index (χ1v) is 9.23. The summed E-state index contributed by atoms with van der Waals surface area (Å²) in [6, 6.07) is 17.6. The van der Waals surface area contributed by atoms with Gasteiger partial charge in [0, 0.05) is 30.6 Å². The summed E-state index contributed by atoms with van der Waals surface area (Å²) < 4.78 is 28.3. The molecule has 0 bridgehead atoms. The summed E-state index contributed by atoms with van der Waals surface area (Å²) in [6.45, 7) is 0. The Hall–Kier alpha value is -2.24. The highest BCUT2D eigenvalue weighted by Crippen LogP contribution is 2.32. The number of fused-ring (bicyclic) bond motifs is 1. The van der Waals surface area contributed by atoms with Crippen molar-refractivity contribution in [2.24, 2.45) is 0 Å². The molecule has 3 aromatic carbocycles. The number of benzene rings is 3. The molecule has 0 amide bonds. The molecule has 6 heteroatoms. The smallest absolute Gasteiger partial charge is 0.262 e. The van der Waals surface area contributed by atoms with Gasteiger partial charge in [-0.3, -0.25) is 4.72 Å². The number of hydrogen-bond donors (Lipinski definition) is 1. The second-order valence-corrected chi connectivity index (χ2v) is 7.67. The third kappa shape index (κ3) is 3.05. The second kappa shape index (κ2) is 6.34. The van der Waals surface area contributed by atoms with Crippen molar-refractivity contribution in [2.75, 3.05) is 23.7 Å². The van der Waals surface area contributed by atoms with Crippen molar-refractivity contribution in [1.82, 2.24) is 0 Å². The Bertz CT molecular complexity index is 1000. The molecule has 0 spiro atoms. The lowest BCUT2D eigenvalue weighted by Crippen LogP contribution is -2.14. The van der Waals surface area contributed by atoms with E-state index in [1.807, 2.05) is 43.3 Å². The fraction of sp³-hybridized carbons (Fsp3) is 0.111. The molecule has 124 valence electrons. The van der Waals surface area contributed by atoms with Crippen LogP contribution in [0.2, 0.25) is 5.02 Å². The van der Waals surface area contributed by atoms with Gasteiger partial charge in [-0.25, -0.2) is 8.42 Å². The third-order valence-corrected chi connectivity index (χ3v) is 5.50. The fourth-order valence-electron chi connectivity index (χ4n) is 2.63. The molecule has 0 fully saturated rings. The minimum absolute atomic E-state index is 0.226. The van der Waals surface area contributed by atoms with E-state index in [1.165, 1.54) is 0 Å². The first-order chi connectivity index (χ1) is 11.4. The number of nitrogens with one attached hydrogen (secondary N) is 1. The molecule has 3 aromatic rings. The Kier molecular flexibility index (Phi) is 4.39. The van der Waals surface area contributed by atoms with Crippen molar-refractivity contribution in [3.8, 4) is 0 Å². The number of para-hydroxylation sites is 1. The molecular formula is C18H17ClN2O2S. The van der Waals surface area contributed by atoms with Gasteiger partial charge in [0.1, 0.15) is 0 Å². The maximum atomic E-state index is 12.9. The van der Waals surface area contributed by atoms with E-state index in [-0.39, 0.29) is 4.90 Å². The Morgan fingerprint density at radius 2 is 1.54 bits per heavy atom. The van der Waals surface area contributed by atoms with Gasteiger partial charge in [0.05, 0.1) is 15.6 Å². The molecule has 0 saturated heterocycles. The summed E-state index contributed by atoms with van der Waals surface area (Å²) in [5.74, 6) is 0. The Morgan fingerprint density at radius 3 is 2.25 bits per heavy atom. The molecule has 0 saturated carbocycles. The maximum Gasteiger partial charge on any atom is 0.262 e. The standard InChI is InChI=1S/C18H17ClN2O2S/c1-21(2)17-11-5-8-14-13(17)7-6-12-18(14)24(22,23)20-16-10-4-3-9-15(16)19/h3-12,20H,1-2H3. The summed E-state index contributed by atoms with van der Waals surface area (Å²) >= 11 is 6.07. The number of rotatable bonds is 4. The van der Waals surface area contributed by atoms with Crippen LogP contribution in [0, 0.1) is 0 Å². The monoisotopic (exact) mass is 360 g/mol. The summed E-state index contributed by atoms with van der Waals surface area (Å²) in [5.41, 5.74) is 1.32. The molecule has 0 atom stereocenters. The van der Waals surface area contributed by atoms with Gasteiger partial charge in [-0.1, -0.05) is 48.0 Å². The zero-order valence-electron chi connectivity index (χ0n) is 13.3. The molecule has 0 aliphatic heterocycles. The van der Waals surface area contributed by atoms with Gasteiger partial charge in [-0.2, -0.15) is 0 Å². The zero-order chi connectivity index (χ0) is 17.3. The molecule has 0 radical (unpaired) electrons. The maximum absolute atomic E-state index is 12.9. The lowest BCUT2D eigenvalue weighted by Gasteiger charge is -2.17. The third-order valence-electron chi connectivity index (χ3n) is 3.75. The number of nitrogens with zero attached hydrogens (tertiary/aromatic N) is 1. The van der Waals surface area contributed by atoms with Crippen LogP contribution < -0.4 is 9.62 Å². The minimum Gasteiger partial charge on any atom is -0.377 e. The molecule has 0 heterocycles. The van der Waals surface area contributed by atoms with E-state index in [0.29, 0.717) is 16.1 Å².